The Balaban J connectivity index is 2.62. The molecular formula is C15H29N3. The van der Waals surface area contributed by atoms with Crippen LogP contribution in [-0.2, 0) is 7.05 Å². The van der Waals surface area contributed by atoms with Gasteiger partial charge < -0.3 is 5.32 Å². The molecule has 0 bridgehead atoms. The quantitative estimate of drug-likeness (QED) is 0.838. The van der Waals surface area contributed by atoms with Gasteiger partial charge in [-0.15, -0.1) is 0 Å². The van der Waals surface area contributed by atoms with Crippen LogP contribution in [0.15, 0.2) is 0 Å². The van der Waals surface area contributed by atoms with Crippen molar-refractivity contribution in [2.45, 2.75) is 66.5 Å². The van der Waals surface area contributed by atoms with E-state index in [4.69, 9.17) is 0 Å². The lowest BCUT2D eigenvalue weighted by Crippen LogP contribution is -2.29. The summed E-state index contributed by atoms with van der Waals surface area (Å²) in [6.07, 6.45) is 2.52. The second-order valence-corrected chi connectivity index (χ2v) is 5.97. The summed E-state index contributed by atoms with van der Waals surface area (Å²) in [6.45, 7) is 13.3. The normalized spacial score (nSPS) is 15.1. The first-order valence-electron chi connectivity index (χ1n) is 7.09. The average Bonchev–Trinajstić information content (AvgIpc) is 2.50. The molecule has 0 aliphatic carbocycles. The highest BCUT2D eigenvalue weighted by Gasteiger charge is 2.17. The predicted molar refractivity (Wildman–Crippen MR) is 77.8 cm³/mol. The molecule has 0 fully saturated rings. The van der Waals surface area contributed by atoms with Crippen molar-refractivity contribution in [3.8, 4) is 0 Å². The maximum Gasteiger partial charge on any atom is 0.0644 e. The molecule has 0 aliphatic heterocycles. The van der Waals surface area contributed by atoms with Gasteiger partial charge >= 0.3 is 0 Å². The molecule has 0 spiro atoms. The van der Waals surface area contributed by atoms with Gasteiger partial charge in [-0.05, 0) is 46.5 Å². The van der Waals surface area contributed by atoms with Crippen LogP contribution >= 0.6 is 0 Å². The van der Waals surface area contributed by atoms with Crippen molar-refractivity contribution in [3.63, 3.8) is 0 Å². The van der Waals surface area contributed by atoms with Crippen molar-refractivity contribution in [2.75, 3.05) is 0 Å². The Morgan fingerprint density at radius 3 is 2.17 bits per heavy atom. The highest BCUT2D eigenvalue weighted by molar-refractivity contribution is 5.27. The monoisotopic (exact) mass is 251 g/mol. The summed E-state index contributed by atoms with van der Waals surface area (Å²) >= 11 is 0. The highest BCUT2D eigenvalue weighted by Crippen LogP contribution is 2.21. The minimum absolute atomic E-state index is 0.376. The van der Waals surface area contributed by atoms with Crippen LogP contribution in [0.5, 0.6) is 0 Å². The molecule has 1 heterocycles. The van der Waals surface area contributed by atoms with Gasteiger partial charge in [0.2, 0.25) is 0 Å². The molecule has 0 radical (unpaired) electrons. The molecule has 0 amide bonds. The van der Waals surface area contributed by atoms with Crippen LogP contribution in [0.25, 0.3) is 0 Å². The van der Waals surface area contributed by atoms with Crippen LogP contribution in [0.3, 0.4) is 0 Å². The largest absolute Gasteiger partial charge is 0.308 e. The summed E-state index contributed by atoms with van der Waals surface area (Å²) in [5, 5.41) is 8.18. The van der Waals surface area contributed by atoms with E-state index in [1.54, 1.807) is 0 Å². The minimum Gasteiger partial charge on any atom is -0.308 e. The van der Waals surface area contributed by atoms with Gasteiger partial charge in [0, 0.05) is 30.4 Å². The van der Waals surface area contributed by atoms with Crippen LogP contribution in [0.2, 0.25) is 0 Å². The van der Waals surface area contributed by atoms with E-state index in [1.807, 2.05) is 11.7 Å². The summed E-state index contributed by atoms with van der Waals surface area (Å²) in [5.41, 5.74) is 3.77. The number of rotatable bonds is 6. The third-order valence-electron chi connectivity index (χ3n) is 3.71. The highest BCUT2D eigenvalue weighted by atomic mass is 15.3. The predicted octanol–water partition coefficient (Wildman–Crippen LogP) is 3.51. The molecule has 0 saturated carbocycles. The van der Waals surface area contributed by atoms with Crippen molar-refractivity contribution >= 4 is 0 Å². The van der Waals surface area contributed by atoms with Crippen molar-refractivity contribution in [1.29, 1.82) is 0 Å². The maximum atomic E-state index is 4.49. The number of nitrogens with one attached hydrogen (secondary N) is 1. The second kappa shape index (κ2) is 6.37. The summed E-state index contributed by atoms with van der Waals surface area (Å²) in [7, 11) is 2.01. The molecule has 18 heavy (non-hydrogen) atoms. The first-order chi connectivity index (χ1) is 8.32. The molecule has 104 valence electrons. The Morgan fingerprint density at radius 2 is 1.72 bits per heavy atom. The van der Waals surface area contributed by atoms with Crippen LogP contribution in [0.1, 0.15) is 63.5 Å². The fourth-order valence-electron chi connectivity index (χ4n) is 2.59. The van der Waals surface area contributed by atoms with Crippen molar-refractivity contribution in [1.82, 2.24) is 15.1 Å². The van der Waals surface area contributed by atoms with Gasteiger partial charge in [-0.2, -0.15) is 5.10 Å². The summed E-state index contributed by atoms with van der Waals surface area (Å²) in [6, 6.07) is 0.933. The van der Waals surface area contributed by atoms with E-state index in [9.17, 15) is 0 Å². The van der Waals surface area contributed by atoms with Crippen LogP contribution < -0.4 is 5.32 Å². The summed E-state index contributed by atoms with van der Waals surface area (Å²) in [4.78, 5) is 0. The van der Waals surface area contributed by atoms with E-state index < -0.39 is 0 Å². The van der Waals surface area contributed by atoms with Crippen LogP contribution in [0, 0.1) is 19.8 Å². The van der Waals surface area contributed by atoms with Gasteiger partial charge in [0.05, 0.1) is 5.69 Å². The third kappa shape index (κ3) is 3.84. The van der Waals surface area contributed by atoms with E-state index in [2.05, 4.69) is 52.0 Å². The zero-order valence-electron chi connectivity index (χ0n) is 13.0. The standard InChI is InChI=1S/C15H29N3/c1-10(2)8-9-11(3)16-12(4)15-13(5)17-18(7)14(15)6/h10-12,16H,8-9H2,1-7H3. The van der Waals surface area contributed by atoms with E-state index in [0.29, 0.717) is 12.1 Å². The van der Waals surface area contributed by atoms with E-state index in [-0.39, 0.29) is 0 Å². The number of nitrogens with zero attached hydrogens (tertiary/aromatic N) is 2. The minimum atomic E-state index is 0.376. The van der Waals surface area contributed by atoms with Gasteiger partial charge in [0.1, 0.15) is 0 Å². The summed E-state index contributed by atoms with van der Waals surface area (Å²) in [5.74, 6) is 0.784. The van der Waals surface area contributed by atoms with Crippen molar-refractivity contribution < 1.29 is 0 Å². The number of aromatic nitrogens is 2. The first-order valence-corrected chi connectivity index (χ1v) is 7.09. The fourth-order valence-corrected chi connectivity index (χ4v) is 2.59. The lowest BCUT2D eigenvalue weighted by atomic mass is 10.0. The molecule has 3 heteroatoms. The molecule has 0 aromatic carbocycles. The fraction of sp³-hybridized carbons (Fsp3) is 0.800. The van der Waals surface area contributed by atoms with Gasteiger partial charge in [0.25, 0.3) is 0 Å². The molecule has 2 unspecified atom stereocenters. The second-order valence-electron chi connectivity index (χ2n) is 5.97. The number of hydrogen-bond acceptors (Lipinski definition) is 2. The summed E-state index contributed by atoms with van der Waals surface area (Å²) < 4.78 is 1.97. The van der Waals surface area contributed by atoms with E-state index in [1.165, 1.54) is 24.1 Å². The van der Waals surface area contributed by atoms with Gasteiger partial charge in [-0.25, -0.2) is 0 Å². The Hall–Kier alpha value is -0.830. The Labute approximate surface area is 112 Å². The maximum absolute atomic E-state index is 4.49. The SMILES string of the molecule is Cc1nn(C)c(C)c1C(C)NC(C)CCC(C)C. The molecule has 3 nitrogen and oxygen atoms in total. The van der Waals surface area contributed by atoms with E-state index in [0.717, 1.165) is 11.6 Å². The van der Waals surface area contributed by atoms with Crippen molar-refractivity contribution in [3.05, 3.63) is 17.0 Å². The Kier molecular flexibility index (Phi) is 5.39. The molecular weight excluding hydrogens is 222 g/mol. The van der Waals surface area contributed by atoms with Crippen LogP contribution in [-0.4, -0.2) is 15.8 Å². The lowest BCUT2D eigenvalue weighted by molar-refractivity contribution is 0.415. The van der Waals surface area contributed by atoms with Gasteiger partial charge in [0.15, 0.2) is 0 Å². The molecule has 1 aromatic heterocycles. The molecule has 2 atom stereocenters. The Morgan fingerprint density at radius 1 is 1.11 bits per heavy atom. The molecule has 0 saturated heterocycles. The lowest BCUT2D eigenvalue weighted by Gasteiger charge is -2.21. The van der Waals surface area contributed by atoms with E-state index >= 15 is 0 Å². The molecule has 1 N–H and O–H groups in total. The first kappa shape index (κ1) is 15.2. The van der Waals surface area contributed by atoms with Gasteiger partial charge in [-0.3, -0.25) is 4.68 Å². The topological polar surface area (TPSA) is 29.9 Å². The number of hydrogen-bond donors (Lipinski definition) is 1. The molecule has 1 rings (SSSR count). The smallest absolute Gasteiger partial charge is 0.0644 e. The zero-order valence-corrected chi connectivity index (χ0v) is 13.0. The van der Waals surface area contributed by atoms with Crippen molar-refractivity contribution in [2.24, 2.45) is 13.0 Å². The third-order valence-corrected chi connectivity index (χ3v) is 3.71. The number of aryl methyl sites for hydroxylation is 2. The van der Waals surface area contributed by atoms with Gasteiger partial charge in [-0.1, -0.05) is 13.8 Å². The Bertz CT molecular complexity index is 379. The average molecular weight is 251 g/mol. The zero-order chi connectivity index (χ0) is 13.9. The molecule has 0 aliphatic rings. The van der Waals surface area contributed by atoms with Crippen LogP contribution in [0.4, 0.5) is 0 Å². The molecule has 1 aromatic rings.